The molecule has 1 aliphatic heterocycles. The highest BCUT2D eigenvalue weighted by Crippen LogP contribution is 2.29. The highest BCUT2D eigenvalue weighted by atomic mass is 19.4. The van der Waals surface area contributed by atoms with Crippen molar-refractivity contribution < 1.29 is 27.5 Å². The molecule has 1 aliphatic rings. The Morgan fingerprint density at radius 2 is 1.81 bits per heavy atom. The maximum atomic E-state index is 12.9. The van der Waals surface area contributed by atoms with Crippen LogP contribution in [0, 0.1) is 0 Å². The molecule has 2 N–H and O–H groups in total. The van der Waals surface area contributed by atoms with E-state index in [0.29, 0.717) is 43.2 Å². The second-order valence-electron chi connectivity index (χ2n) is 9.62. The normalized spacial score (nSPS) is 15.2. The van der Waals surface area contributed by atoms with E-state index in [4.69, 9.17) is 4.74 Å². The number of carbonyl (C=O) groups is 2. The number of hydrogen-bond acceptors (Lipinski definition) is 5. The maximum absolute atomic E-state index is 12.9. The Labute approximate surface area is 204 Å². The van der Waals surface area contributed by atoms with Gasteiger partial charge in [0, 0.05) is 30.9 Å². The molecule has 3 aromatic rings. The lowest BCUT2D eigenvalue weighted by atomic mass is 10.0. The smallest absolute Gasteiger partial charge is 0.417 e. The van der Waals surface area contributed by atoms with Crippen LogP contribution < -0.4 is 11.0 Å². The molecule has 36 heavy (non-hydrogen) atoms. The van der Waals surface area contributed by atoms with Crippen molar-refractivity contribution in [1.29, 1.82) is 0 Å². The highest BCUT2D eigenvalue weighted by Gasteiger charge is 2.31. The summed E-state index contributed by atoms with van der Waals surface area (Å²) in [5, 5.41) is 2.94. The van der Waals surface area contributed by atoms with Crippen molar-refractivity contribution in [2.45, 2.75) is 51.4 Å². The largest absolute Gasteiger partial charge is 0.444 e. The van der Waals surface area contributed by atoms with Crippen LogP contribution in [0.2, 0.25) is 0 Å². The van der Waals surface area contributed by atoms with Crippen molar-refractivity contribution in [3.8, 4) is 5.82 Å². The predicted molar refractivity (Wildman–Crippen MR) is 125 cm³/mol. The Kier molecular flexibility index (Phi) is 6.54. The molecule has 0 atom stereocenters. The number of aromatic amines is 1. The molecule has 192 valence electrons. The molecule has 4 rings (SSSR count). The maximum Gasteiger partial charge on any atom is 0.417 e. The zero-order valence-electron chi connectivity index (χ0n) is 20.0. The second-order valence-corrected chi connectivity index (χ2v) is 9.62. The summed E-state index contributed by atoms with van der Waals surface area (Å²) in [4.78, 5) is 45.7. The third kappa shape index (κ3) is 5.52. The number of amides is 2. The SMILES string of the molecule is CC(C)(C)OC(=O)N1CCC(NC(=O)c2ccc3[nH]c(=O)n(-c4ccc(C(F)(F)F)cn4)c3c2)CC1. The first-order valence-corrected chi connectivity index (χ1v) is 11.4. The first-order valence-electron chi connectivity index (χ1n) is 11.4. The number of rotatable bonds is 3. The summed E-state index contributed by atoms with van der Waals surface area (Å²) in [5.41, 5.74) is -1.13. The number of alkyl halides is 3. The monoisotopic (exact) mass is 505 g/mol. The summed E-state index contributed by atoms with van der Waals surface area (Å²) in [6, 6.07) is 6.37. The lowest BCUT2D eigenvalue weighted by Crippen LogP contribution is -2.47. The number of imidazole rings is 1. The topological polar surface area (TPSA) is 109 Å². The van der Waals surface area contributed by atoms with Gasteiger partial charge in [0.2, 0.25) is 0 Å². The molecule has 0 spiro atoms. The van der Waals surface area contributed by atoms with Gasteiger partial charge in [-0.1, -0.05) is 0 Å². The van der Waals surface area contributed by atoms with Crippen LogP contribution in [0.15, 0.2) is 41.3 Å². The van der Waals surface area contributed by atoms with E-state index in [1.54, 1.807) is 37.8 Å². The molecule has 12 heteroatoms. The molecule has 0 radical (unpaired) electrons. The molecule has 1 saturated heterocycles. The van der Waals surface area contributed by atoms with E-state index in [-0.39, 0.29) is 29.4 Å². The van der Waals surface area contributed by atoms with Crippen molar-refractivity contribution in [2.75, 3.05) is 13.1 Å². The molecule has 1 aromatic carbocycles. The summed E-state index contributed by atoms with van der Waals surface area (Å²) in [7, 11) is 0. The summed E-state index contributed by atoms with van der Waals surface area (Å²) < 4.78 is 45.1. The van der Waals surface area contributed by atoms with Gasteiger partial charge in [-0.25, -0.2) is 19.1 Å². The minimum Gasteiger partial charge on any atom is -0.444 e. The van der Waals surface area contributed by atoms with Gasteiger partial charge in [-0.3, -0.25) is 4.79 Å². The van der Waals surface area contributed by atoms with E-state index >= 15 is 0 Å². The van der Waals surface area contributed by atoms with Crippen LogP contribution in [0.4, 0.5) is 18.0 Å². The fourth-order valence-electron chi connectivity index (χ4n) is 3.96. The van der Waals surface area contributed by atoms with Gasteiger partial charge in [-0.15, -0.1) is 0 Å². The Morgan fingerprint density at radius 3 is 2.39 bits per heavy atom. The van der Waals surface area contributed by atoms with Crippen molar-refractivity contribution in [3.05, 3.63) is 58.1 Å². The Morgan fingerprint density at radius 1 is 1.11 bits per heavy atom. The van der Waals surface area contributed by atoms with E-state index in [9.17, 15) is 27.6 Å². The molecular weight excluding hydrogens is 479 g/mol. The van der Waals surface area contributed by atoms with Gasteiger partial charge in [0.25, 0.3) is 5.91 Å². The van der Waals surface area contributed by atoms with Gasteiger partial charge < -0.3 is 19.9 Å². The van der Waals surface area contributed by atoms with Gasteiger partial charge in [0.05, 0.1) is 16.6 Å². The molecule has 1 fully saturated rings. The van der Waals surface area contributed by atoms with Crippen LogP contribution in [0.25, 0.3) is 16.9 Å². The van der Waals surface area contributed by atoms with Crippen LogP contribution in [0.3, 0.4) is 0 Å². The summed E-state index contributed by atoms with van der Waals surface area (Å²) in [6.07, 6.45) is -3.18. The number of likely N-dealkylation sites (tertiary alicyclic amines) is 1. The van der Waals surface area contributed by atoms with E-state index in [0.717, 1.165) is 16.7 Å². The highest BCUT2D eigenvalue weighted by molar-refractivity contribution is 5.97. The third-order valence-corrected chi connectivity index (χ3v) is 5.73. The first-order chi connectivity index (χ1) is 16.8. The number of benzene rings is 1. The summed E-state index contributed by atoms with van der Waals surface area (Å²) in [5.74, 6) is -0.375. The van der Waals surface area contributed by atoms with E-state index < -0.39 is 23.0 Å². The average molecular weight is 505 g/mol. The molecular formula is C24H26F3N5O4. The predicted octanol–water partition coefficient (Wildman–Crippen LogP) is 3.86. The Bertz CT molecular complexity index is 1330. The summed E-state index contributed by atoms with van der Waals surface area (Å²) >= 11 is 0. The molecule has 2 amide bonds. The van der Waals surface area contributed by atoms with Crippen LogP contribution in [-0.4, -0.2) is 56.2 Å². The number of pyridine rings is 1. The molecule has 9 nitrogen and oxygen atoms in total. The number of carbonyl (C=O) groups excluding carboxylic acids is 2. The second kappa shape index (κ2) is 9.32. The molecule has 0 unspecified atom stereocenters. The van der Waals surface area contributed by atoms with Gasteiger partial charge >= 0.3 is 18.0 Å². The van der Waals surface area contributed by atoms with Crippen LogP contribution >= 0.6 is 0 Å². The molecule has 3 heterocycles. The fraction of sp³-hybridized carbons (Fsp3) is 0.417. The number of piperidine rings is 1. The fourth-order valence-corrected chi connectivity index (χ4v) is 3.96. The molecule has 0 aliphatic carbocycles. The van der Waals surface area contributed by atoms with E-state index in [2.05, 4.69) is 15.3 Å². The quantitative estimate of drug-likeness (QED) is 0.562. The van der Waals surface area contributed by atoms with E-state index in [1.807, 2.05) is 0 Å². The summed E-state index contributed by atoms with van der Waals surface area (Å²) in [6.45, 7) is 6.27. The zero-order valence-corrected chi connectivity index (χ0v) is 20.0. The van der Waals surface area contributed by atoms with Crippen LogP contribution in [0.5, 0.6) is 0 Å². The number of fused-ring (bicyclic) bond motifs is 1. The minimum absolute atomic E-state index is 0.00803. The number of hydrogen-bond donors (Lipinski definition) is 2. The van der Waals surface area contributed by atoms with Gasteiger partial charge in [0.1, 0.15) is 11.4 Å². The minimum atomic E-state index is -4.55. The number of H-pyrrole nitrogens is 1. The van der Waals surface area contributed by atoms with Gasteiger partial charge in [-0.2, -0.15) is 13.2 Å². The zero-order chi connectivity index (χ0) is 26.3. The number of halogens is 3. The van der Waals surface area contributed by atoms with Crippen molar-refractivity contribution in [3.63, 3.8) is 0 Å². The molecule has 2 aromatic heterocycles. The van der Waals surface area contributed by atoms with Crippen LogP contribution in [0.1, 0.15) is 49.5 Å². The van der Waals surface area contributed by atoms with Crippen molar-refractivity contribution in [1.82, 2.24) is 24.8 Å². The van der Waals surface area contributed by atoms with Crippen molar-refractivity contribution in [2.24, 2.45) is 0 Å². The number of aromatic nitrogens is 3. The Hall–Kier alpha value is -3.83. The van der Waals surface area contributed by atoms with Gasteiger partial charge in [0.15, 0.2) is 0 Å². The van der Waals surface area contributed by atoms with Crippen molar-refractivity contribution >= 4 is 23.0 Å². The first kappa shape index (κ1) is 25.3. The average Bonchev–Trinajstić information content (AvgIpc) is 3.12. The van der Waals surface area contributed by atoms with E-state index in [1.165, 1.54) is 6.07 Å². The lowest BCUT2D eigenvalue weighted by Gasteiger charge is -2.33. The third-order valence-electron chi connectivity index (χ3n) is 5.73. The molecule has 0 saturated carbocycles. The van der Waals surface area contributed by atoms with Gasteiger partial charge in [-0.05, 0) is 63.9 Å². The standard InChI is InChI=1S/C24H26F3N5O4/c1-23(2,3)36-22(35)31-10-8-16(9-11-31)29-20(33)14-4-6-17-18(12-14)32(21(34)30-17)19-7-5-15(13-28-19)24(25,26)27/h4-7,12-13,16H,8-11H2,1-3H3,(H,29,33)(H,30,34). The number of nitrogens with one attached hydrogen (secondary N) is 2. The Balaban J connectivity index is 1.48. The van der Waals surface area contributed by atoms with Crippen LogP contribution in [-0.2, 0) is 10.9 Å². The number of ether oxygens (including phenoxy) is 1. The molecule has 0 bridgehead atoms. The lowest BCUT2D eigenvalue weighted by molar-refractivity contribution is -0.137. The number of nitrogens with zero attached hydrogens (tertiary/aromatic N) is 3.